The van der Waals surface area contributed by atoms with Crippen LogP contribution in [-0.2, 0) is 29.3 Å². The van der Waals surface area contributed by atoms with E-state index >= 15 is 0 Å². The summed E-state index contributed by atoms with van der Waals surface area (Å²) in [5.74, 6) is -3.75. The number of rotatable bonds is 4. The third-order valence-electron chi connectivity index (χ3n) is 1.88. The van der Waals surface area contributed by atoms with E-state index in [-0.39, 0.29) is 17.9 Å². The number of nitrogens with zero attached hydrogens (tertiary/aromatic N) is 1. The van der Waals surface area contributed by atoms with Crippen molar-refractivity contribution in [3.05, 3.63) is 0 Å². The van der Waals surface area contributed by atoms with Crippen LogP contribution in [0.5, 0.6) is 0 Å². The maximum Gasteiger partial charge on any atom is 0.350 e. The summed E-state index contributed by atoms with van der Waals surface area (Å²) in [7, 11) is -4.44. The summed E-state index contributed by atoms with van der Waals surface area (Å²) in [6, 6.07) is -1.67. The van der Waals surface area contributed by atoms with Gasteiger partial charge in [-0.25, -0.2) is 4.79 Å². The van der Waals surface area contributed by atoms with E-state index in [0.717, 1.165) is 0 Å². The highest BCUT2D eigenvalue weighted by atomic mass is 32.2. The average molecular weight is 266 g/mol. The number of carbonyl (C=O) groups excluding carboxylic acids is 3. The maximum absolute atomic E-state index is 11.2. The number of hydrogen-bond donors (Lipinski definition) is 2. The standard InChI is InChI=1S/C7H10N2O7S/c8-4(3-17(13,14)15)7(12)16-9-5(10)1-2-6(9)11/h4H,1-3,8H2,(H,13,14,15)/t4-/m0/s1. The minimum Gasteiger partial charge on any atom is -0.329 e. The highest BCUT2D eigenvalue weighted by Gasteiger charge is 2.34. The van der Waals surface area contributed by atoms with E-state index in [4.69, 9.17) is 10.3 Å². The first-order chi connectivity index (χ1) is 7.70. The van der Waals surface area contributed by atoms with E-state index in [9.17, 15) is 22.8 Å². The molecule has 0 aromatic carbocycles. The Bertz CT molecular complexity index is 441. The molecule has 1 fully saturated rings. The van der Waals surface area contributed by atoms with E-state index in [1.54, 1.807) is 0 Å². The van der Waals surface area contributed by atoms with Crippen LogP contribution in [0, 0.1) is 0 Å². The fourth-order valence-electron chi connectivity index (χ4n) is 1.11. The van der Waals surface area contributed by atoms with Crippen LogP contribution in [0.15, 0.2) is 0 Å². The van der Waals surface area contributed by atoms with Gasteiger partial charge >= 0.3 is 5.97 Å². The molecule has 1 atom stereocenters. The second-order valence-corrected chi connectivity index (χ2v) is 4.84. The molecule has 0 aliphatic carbocycles. The number of hydrogen-bond acceptors (Lipinski definition) is 7. The SMILES string of the molecule is N[C@@H](CS(=O)(=O)O)C(=O)ON1C(=O)CCC1=O. The Morgan fingerprint density at radius 1 is 1.41 bits per heavy atom. The Balaban J connectivity index is 2.60. The molecule has 1 heterocycles. The van der Waals surface area contributed by atoms with E-state index in [2.05, 4.69) is 4.84 Å². The molecule has 3 N–H and O–H groups in total. The van der Waals surface area contributed by atoms with Crippen molar-refractivity contribution in [3.8, 4) is 0 Å². The molecule has 17 heavy (non-hydrogen) atoms. The molecule has 0 radical (unpaired) electrons. The van der Waals surface area contributed by atoms with E-state index in [1.807, 2.05) is 0 Å². The van der Waals surface area contributed by atoms with Gasteiger partial charge in [-0.3, -0.25) is 14.1 Å². The summed E-state index contributed by atoms with van der Waals surface area (Å²) in [6.45, 7) is 0. The second kappa shape index (κ2) is 4.77. The lowest BCUT2D eigenvalue weighted by Gasteiger charge is -2.15. The predicted octanol–water partition coefficient (Wildman–Crippen LogP) is -2.19. The molecule has 0 unspecified atom stereocenters. The number of hydroxylamine groups is 2. The van der Waals surface area contributed by atoms with Crippen molar-refractivity contribution in [3.63, 3.8) is 0 Å². The van der Waals surface area contributed by atoms with Crippen molar-refractivity contribution in [1.82, 2.24) is 5.06 Å². The summed E-state index contributed by atoms with van der Waals surface area (Å²) < 4.78 is 29.3. The van der Waals surface area contributed by atoms with Crippen LogP contribution in [0.2, 0.25) is 0 Å². The van der Waals surface area contributed by atoms with E-state index in [0.29, 0.717) is 0 Å². The zero-order valence-corrected chi connectivity index (χ0v) is 9.34. The summed E-state index contributed by atoms with van der Waals surface area (Å²) in [5, 5.41) is 0.242. The minimum atomic E-state index is -4.44. The zero-order valence-electron chi connectivity index (χ0n) is 8.53. The van der Waals surface area contributed by atoms with Crippen molar-refractivity contribution in [2.24, 2.45) is 5.73 Å². The molecular weight excluding hydrogens is 256 g/mol. The first-order valence-corrected chi connectivity index (χ1v) is 6.10. The van der Waals surface area contributed by atoms with E-state index < -0.39 is 39.7 Å². The van der Waals surface area contributed by atoms with Gasteiger partial charge in [-0.05, 0) is 0 Å². The van der Waals surface area contributed by atoms with Crippen molar-refractivity contribution in [2.45, 2.75) is 18.9 Å². The van der Waals surface area contributed by atoms with Gasteiger partial charge in [0.25, 0.3) is 21.9 Å². The van der Waals surface area contributed by atoms with Crippen molar-refractivity contribution in [2.75, 3.05) is 5.75 Å². The molecule has 1 rings (SSSR count). The molecule has 0 saturated carbocycles. The van der Waals surface area contributed by atoms with Crippen LogP contribution in [-0.4, -0.2) is 47.6 Å². The molecule has 1 aliphatic heterocycles. The zero-order chi connectivity index (χ0) is 13.2. The number of nitrogens with two attached hydrogens (primary N) is 1. The lowest BCUT2D eigenvalue weighted by Crippen LogP contribution is -2.43. The summed E-state index contributed by atoms with van der Waals surface area (Å²) in [6.07, 6.45) is -0.167. The van der Waals surface area contributed by atoms with Gasteiger partial charge in [0.1, 0.15) is 11.8 Å². The molecule has 0 bridgehead atoms. The molecule has 0 aromatic rings. The van der Waals surface area contributed by atoms with Gasteiger partial charge in [0, 0.05) is 12.8 Å². The quantitative estimate of drug-likeness (QED) is 0.431. The first-order valence-electron chi connectivity index (χ1n) is 4.49. The molecule has 1 saturated heterocycles. The Hall–Kier alpha value is -1.52. The number of imide groups is 1. The van der Waals surface area contributed by atoms with Crippen LogP contribution >= 0.6 is 0 Å². The Labute approximate surface area is 96.2 Å². The third-order valence-corrected chi connectivity index (χ3v) is 2.66. The first kappa shape index (κ1) is 13.5. The van der Waals surface area contributed by atoms with Gasteiger partial charge < -0.3 is 10.6 Å². The highest BCUT2D eigenvalue weighted by molar-refractivity contribution is 7.85. The summed E-state index contributed by atoms with van der Waals surface area (Å²) >= 11 is 0. The van der Waals surface area contributed by atoms with Gasteiger partial charge in [0.2, 0.25) is 0 Å². The maximum atomic E-state index is 11.2. The lowest BCUT2D eigenvalue weighted by molar-refractivity contribution is -0.198. The molecule has 10 heteroatoms. The van der Waals surface area contributed by atoms with E-state index in [1.165, 1.54) is 0 Å². The fraction of sp³-hybridized carbons (Fsp3) is 0.571. The predicted molar refractivity (Wildman–Crippen MR) is 51.6 cm³/mol. The normalized spacial score (nSPS) is 18.4. The largest absolute Gasteiger partial charge is 0.350 e. The fourth-order valence-corrected chi connectivity index (χ4v) is 1.70. The molecule has 96 valence electrons. The lowest BCUT2D eigenvalue weighted by atomic mass is 10.4. The molecule has 0 aromatic heterocycles. The highest BCUT2D eigenvalue weighted by Crippen LogP contribution is 2.12. The Morgan fingerprint density at radius 2 is 1.88 bits per heavy atom. The molecular formula is C7H10N2O7S. The van der Waals surface area contributed by atoms with Gasteiger partial charge in [0.15, 0.2) is 0 Å². The Kier molecular flexibility index (Phi) is 3.80. The van der Waals surface area contributed by atoms with Crippen molar-refractivity contribution in [1.29, 1.82) is 0 Å². The molecule has 1 aliphatic rings. The van der Waals surface area contributed by atoms with Crippen LogP contribution in [0.25, 0.3) is 0 Å². The topological polar surface area (TPSA) is 144 Å². The van der Waals surface area contributed by atoms with Crippen molar-refractivity contribution >= 4 is 27.9 Å². The van der Waals surface area contributed by atoms with Gasteiger partial charge in [0.05, 0.1) is 0 Å². The smallest absolute Gasteiger partial charge is 0.329 e. The second-order valence-electron chi connectivity index (χ2n) is 3.35. The third kappa shape index (κ3) is 3.76. The van der Waals surface area contributed by atoms with Gasteiger partial charge in [-0.2, -0.15) is 8.42 Å². The Morgan fingerprint density at radius 3 is 2.29 bits per heavy atom. The number of amides is 2. The van der Waals surface area contributed by atoms with Crippen LogP contribution in [0.3, 0.4) is 0 Å². The van der Waals surface area contributed by atoms with Crippen molar-refractivity contribution < 1.29 is 32.2 Å². The summed E-state index contributed by atoms with van der Waals surface area (Å²) in [4.78, 5) is 37.6. The average Bonchev–Trinajstić information content (AvgIpc) is 2.46. The number of carbonyl (C=O) groups is 3. The van der Waals surface area contributed by atoms with Crippen LogP contribution in [0.1, 0.15) is 12.8 Å². The van der Waals surface area contributed by atoms with Crippen LogP contribution < -0.4 is 5.73 Å². The molecule has 2 amide bonds. The van der Waals surface area contributed by atoms with Gasteiger partial charge in [-0.1, -0.05) is 0 Å². The van der Waals surface area contributed by atoms with Gasteiger partial charge in [-0.15, -0.1) is 5.06 Å². The summed E-state index contributed by atoms with van der Waals surface area (Å²) in [5.41, 5.74) is 5.11. The minimum absolute atomic E-state index is 0.0837. The molecule has 0 spiro atoms. The van der Waals surface area contributed by atoms with Crippen LogP contribution in [0.4, 0.5) is 0 Å². The monoisotopic (exact) mass is 266 g/mol. The molecule has 9 nitrogen and oxygen atoms in total.